The molecule has 2 unspecified atom stereocenters. The number of rotatable bonds is 4. The second-order valence-corrected chi connectivity index (χ2v) is 6.20. The van der Waals surface area contributed by atoms with Gasteiger partial charge in [0.2, 0.25) is 0 Å². The number of hydrogen-bond donors (Lipinski definition) is 1. The Hall–Kier alpha value is -1.10. The molecular weight excluding hydrogens is 288 g/mol. The maximum absolute atomic E-state index is 11.4. The third-order valence-electron chi connectivity index (χ3n) is 4.44. The number of fused-ring (bicyclic) bond motifs is 3. The molecule has 1 N–H and O–H groups in total. The standard InChI is InChI=1S/C16H21ClN2O2/c1-11(21-2)7-8-16(20)14-12(17)5-3-6-13(14)19-10-4-9-18-15(16)19/h3,5-6,11,20H,4,7-10H2,1-2H3. The summed E-state index contributed by atoms with van der Waals surface area (Å²) in [5, 5.41) is 12.0. The molecule has 0 aromatic heterocycles. The number of amidine groups is 1. The molecule has 1 aromatic carbocycles. The van der Waals surface area contributed by atoms with Crippen LogP contribution >= 0.6 is 11.6 Å². The summed E-state index contributed by atoms with van der Waals surface area (Å²) in [6, 6.07) is 5.78. The van der Waals surface area contributed by atoms with E-state index in [1.54, 1.807) is 7.11 Å². The van der Waals surface area contributed by atoms with Gasteiger partial charge in [-0.05, 0) is 38.3 Å². The smallest absolute Gasteiger partial charge is 0.150 e. The molecule has 114 valence electrons. The van der Waals surface area contributed by atoms with Gasteiger partial charge in [0, 0.05) is 30.8 Å². The third kappa shape index (κ3) is 2.35. The molecule has 2 aliphatic heterocycles. The van der Waals surface area contributed by atoms with Crippen molar-refractivity contribution in [3.05, 3.63) is 28.8 Å². The maximum Gasteiger partial charge on any atom is 0.150 e. The van der Waals surface area contributed by atoms with Crippen LogP contribution in [0.25, 0.3) is 0 Å². The highest BCUT2D eigenvalue weighted by atomic mass is 35.5. The molecule has 0 bridgehead atoms. The van der Waals surface area contributed by atoms with Crippen molar-refractivity contribution in [2.24, 2.45) is 4.99 Å². The molecule has 0 saturated heterocycles. The van der Waals surface area contributed by atoms with Crippen molar-refractivity contribution in [2.45, 2.75) is 37.9 Å². The van der Waals surface area contributed by atoms with Crippen LogP contribution in [0.1, 0.15) is 31.7 Å². The number of aliphatic hydroxyl groups is 1. The lowest BCUT2D eigenvalue weighted by molar-refractivity contribution is 0.0597. The van der Waals surface area contributed by atoms with Gasteiger partial charge in [0.05, 0.1) is 11.8 Å². The van der Waals surface area contributed by atoms with Crippen LogP contribution in [-0.4, -0.2) is 37.2 Å². The SMILES string of the molecule is COC(C)CCC1(O)C2=NCCCN2c2cccc(Cl)c21. The molecule has 4 nitrogen and oxygen atoms in total. The van der Waals surface area contributed by atoms with E-state index in [-0.39, 0.29) is 6.10 Å². The lowest BCUT2D eigenvalue weighted by Gasteiger charge is -2.30. The van der Waals surface area contributed by atoms with Crippen molar-refractivity contribution in [1.82, 2.24) is 0 Å². The van der Waals surface area contributed by atoms with E-state index in [9.17, 15) is 5.11 Å². The summed E-state index contributed by atoms with van der Waals surface area (Å²) in [5.74, 6) is 0.750. The second-order valence-electron chi connectivity index (χ2n) is 5.79. The fraction of sp³-hybridized carbons (Fsp3) is 0.562. The van der Waals surface area contributed by atoms with Crippen LogP contribution in [0, 0.1) is 0 Å². The first kappa shape index (κ1) is 14.8. The molecule has 0 amide bonds. The number of hydrogen-bond acceptors (Lipinski definition) is 4. The summed E-state index contributed by atoms with van der Waals surface area (Å²) in [6.07, 6.45) is 2.41. The topological polar surface area (TPSA) is 45.1 Å². The van der Waals surface area contributed by atoms with Gasteiger partial charge >= 0.3 is 0 Å². The summed E-state index contributed by atoms with van der Waals surface area (Å²) in [5.41, 5.74) is 0.699. The Morgan fingerprint density at radius 1 is 1.52 bits per heavy atom. The van der Waals surface area contributed by atoms with Crippen LogP contribution < -0.4 is 4.90 Å². The quantitative estimate of drug-likeness (QED) is 0.930. The van der Waals surface area contributed by atoms with E-state index in [0.717, 1.165) is 43.0 Å². The molecule has 0 saturated carbocycles. The minimum atomic E-state index is -1.10. The first-order valence-corrected chi connectivity index (χ1v) is 7.82. The van der Waals surface area contributed by atoms with Gasteiger partial charge in [0.25, 0.3) is 0 Å². The predicted octanol–water partition coefficient (Wildman–Crippen LogP) is 2.96. The maximum atomic E-state index is 11.4. The van der Waals surface area contributed by atoms with Crippen LogP contribution in [0.5, 0.6) is 0 Å². The molecule has 2 aliphatic rings. The largest absolute Gasteiger partial charge is 0.382 e. The van der Waals surface area contributed by atoms with Crippen LogP contribution in [-0.2, 0) is 10.3 Å². The van der Waals surface area contributed by atoms with E-state index < -0.39 is 5.60 Å². The average molecular weight is 309 g/mol. The molecule has 2 heterocycles. The van der Waals surface area contributed by atoms with Gasteiger partial charge in [0.15, 0.2) is 5.60 Å². The average Bonchev–Trinajstić information content (AvgIpc) is 2.77. The highest BCUT2D eigenvalue weighted by Crippen LogP contribution is 2.48. The minimum Gasteiger partial charge on any atom is -0.382 e. The molecule has 5 heteroatoms. The van der Waals surface area contributed by atoms with Gasteiger partial charge in [-0.3, -0.25) is 4.99 Å². The molecular formula is C16H21ClN2O2. The monoisotopic (exact) mass is 308 g/mol. The Kier molecular flexibility index (Phi) is 3.95. The number of anilines is 1. The zero-order chi connectivity index (χ0) is 15.0. The van der Waals surface area contributed by atoms with E-state index in [1.807, 2.05) is 25.1 Å². The Morgan fingerprint density at radius 2 is 2.33 bits per heavy atom. The van der Waals surface area contributed by atoms with E-state index in [2.05, 4.69) is 9.89 Å². The van der Waals surface area contributed by atoms with Crippen molar-refractivity contribution in [3.8, 4) is 0 Å². The zero-order valence-electron chi connectivity index (χ0n) is 12.5. The van der Waals surface area contributed by atoms with E-state index >= 15 is 0 Å². The molecule has 3 rings (SSSR count). The molecule has 0 radical (unpaired) electrons. The minimum absolute atomic E-state index is 0.0956. The Balaban J connectivity index is 2.04. The van der Waals surface area contributed by atoms with E-state index in [4.69, 9.17) is 16.3 Å². The van der Waals surface area contributed by atoms with E-state index in [0.29, 0.717) is 11.4 Å². The van der Waals surface area contributed by atoms with Crippen LogP contribution in [0.15, 0.2) is 23.2 Å². The van der Waals surface area contributed by atoms with Crippen LogP contribution in [0.3, 0.4) is 0 Å². The van der Waals surface area contributed by atoms with Crippen molar-refractivity contribution in [2.75, 3.05) is 25.1 Å². The van der Waals surface area contributed by atoms with Crippen molar-refractivity contribution >= 4 is 23.1 Å². The molecule has 0 fully saturated rings. The number of methoxy groups -OCH3 is 1. The van der Waals surface area contributed by atoms with Crippen LogP contribution in [0.2, 0.25) is 5.02 Å². The van der Waals surface area contributed by atoms with Gasteiger partial charge in [0.1, 0.15) is 5.84 Å². The van der Waals surface area contributed by atoms with Gasteiger partial charge in [-0.2, -0.15) is 0 Å². The summed E-state index contributed by atoms with van der Waals surface area (Å²) in [4.78, 5) is 6.71. The number of aliphatic imine (C=N–C) groups is 1. The third-order valence-corrected chi connectivity index (χ3v) is 4.75. The normalized spacial score (nSPS) is 25.3. The highest BCUT2D eigenvalue weighted by Gasteiger charge is 2.49. The molecule has 2 atom stereocenters. The molecule has 21 heavy (non-hydrogen) atoms. The fourth-order valence-corrected chi connectivity index (χ4v) is 3.55. The Bertz CT molecular complexity index is 575. The van der Waals surface area contributed by atoms with Gasteiger partial charge in [-0.25, -0.2) is 0 Å². The van der Waals surface area contributed by atoms with Crippen LogP contribution in [0.4, 0.5) is 5.69 Å². The lowest BCUT2D eigenvalue weighted by atomic mass is 9.88. The predicted molar refractivity (Wildman–Crippen MR) is 85.3 cm³/mol. The van der Waals surface area contributed by atoms with Gasteiger partial charge in [-0.1, -0.05) is 17.7 Å². The number of benzene rings is 1. The van der Waals surface area contributed by atoms with E-state index in [1.165, 1.54) is 0 Å². The summed E-state index contributed by atoms with van der Waals surface area (Å²) < 4.78 is 5.31. The highest BCUT2D eigenvalue weighted by molar-refractivity contribution is 6.33. The zero-order valence-corrected chi connectivity index (χ0v) is 13.2. The Morgan fingerprint density at radius 3 is 3.10 bits per heavy atom. The number of nitrogens with zero attached hydrogens (tertiary/aromatic N) is 2. The summed E-state index contributed by atoms with van der Waals surface area (Å²) in [7, 11) is 1.69. The van der Waals surface area contributed by atoms with Gasteiger partial charge in [-0.15, -0.1) is 0 Å². The summed E-state index contributed by atoms with van der Waals surface area (Å²) in [6.45, 7) is 3.65. The Labute approximate surface area is 130 Å². The van der Waals surface area contributed by atoms with Crippen molar-refractivity contribution in [1.29, 1.82) is 0 Å². The van der Waals surface area contributed by atoms with Crippen molar-refractivity contribution < 1.29 is 9.84 Å². The fourth-order valence-electron chi connectivity index (χ4n) is 3.22. The molecule has 0 spiro atoms. The molecule has 0 aliphatic carbocycles. The molecule has 1 aromatic rings. The number of halogens is 1. The summed E-state index contributed by atoms with van der Waals surface area (Å²) >= 11 is 6.40. The van der Waals surface area contributed by atoms with Crippen molar-refractivity contribution in [3.63, 3.8) is 0 Å². The first-order chi connectivity index (χ1) is 10.1. The lowest BCUT2D eigenvalue weighted by Crippen LogP contribution is -2.43. The first-order valence-electron chi connectivity index (χ1n) is 7.44. The van der Waals surface area contributed by atoms with Gasteiger partial charge < -0.3 is 14.7 Å². The number of ether oxygens (including phenoxy) is 1. The second kappa shape index (κ2) is 5.59.